The third-order valence-corrected chi connectivity index (χ3v) is 15.9. The molecular weight excluding hydrogens is 742 g/mol. The van der Waals surface area contributed by atoms with Gasteiger partial charge in [0.15, 0.2) is 0 Å². The third kappa shape index (κ3) is 4.26. The molecule has 0 saturated heterocycles. The minimum Gasteiger partial charge on any atom is -0.0667 e. The Kier molecular flexibility index (Phi) is 6.80. The highest BCUT2D eigenvalue weighted by molar-refractivity contribution is 7.01. The number of fused-ring (bicyclic) bond motifs is 8. The Hall–Kier alpha value is -6.63. The second-order valence-electron chi connectivity index (χ2n) is 19.3. The molecular formula is C60H44B2. The monoisotopic (exact) mass is 786 g/mol. The van der Waals surface area contributed by atoms with Crippen LogP contribution >= 0.6 is 0 Å². The van der Waals surface area contributed by atoms with Crippen LogP contribution in [0.1, 0.15) is 78.6 Å². The highest BCUT2D eigenvalue weighted by Crippen LogP contribution is 2.48. The van der Waals surface area contributed by atoms with Crippen molar-refractivity contribution in [1.29, 1.82) is 0 Å². The highest BCUT2D eigenvalue weighted by atomic mass is 14.4. The van der Waals surface area contributed by atoms with E-state index in [9.17, 15) is 0 Å². The van der Waals surface area contributed by atoms with Crippen LogP contribution in [0.5, 0.6) is 0 Å². The second-order valence-corrected chi connectivity index (χ2v) is 19.3. The van der Waals surface area contributed by atoms with Crippen molar-refractivity contribution in [2.24, 2.45) is 0 Å². The van der Waals surface area contributed by atoms with Gasteiger partial charge in [-0.05, 0) is 152 Å². The van der Waals surface area contributed by atoms with Crippen LogP contribution in [0.15, 0.2) is 146 Å². The fourth-order valence-corrected chi connectivity index (χ4v) is 14.1. The summed E-state index contributed by atoms with van der Waals surface area (Å²) in [5.41, 5.74) is 31.3. The normalized spacial score (nSPS) is 16.2. The molecule has 62 heavy (non-hydrogen) atoms. The van der Waals surface area contributed by atoms with Crippen molar-refractivity contribution >= 4 is 78.5 Å². The van der Waals surface area contributed by atoms with Crippen LogP contribution in [0.2, 0.25) is 0 Å². The quantitative estimate of drug-likeness (QED) is 0.121. The summed E-state index contributed by atoms with van der Waals surface area (Å²) in [4.78, 5) is 0. The molecule has 0 aromatic heterocycles. The topological polar surface area (TPSA) is 0 Å². The van der Waals surface area contributed by atoms with E-state index in [1.54, 1.807) is 0 Å². The van der Waals surface area contributed by atoms with Crippen molar-refractivity contribution in [3.63, 3.8) is 0 Å². The molecule has 0 fully saturated rings. The van der Waals surface area contributed by atoms with Crippen LogP contribution in [-0.4, -0.2) is 13.4 Å². The summed E-state index contributed by atoms with van der Waals surface area (Å²) in [6, 6.07) is 57.8. The zero-order chi connectivity index (χ0) is 41.4. The predicted octanol–water partition coefficient (Wildman–Crippen LogP) is 10.4. The Bertz CT molecular complexity index is 3390. The Labute approximate surface area is 364 Å². The number of benzene rings is 10. The van der Waals surface area contributed by atoms with E-state index in [0.29, 0.717) is 0 Å². The molecule has 4 aliphatic rings. The van der Waals surface area contributed by atoms with E-state index in [-0.39, 0.29) is 25.3 Å². The summed E-state index contributed by atoms with van der Waals surface area (Å²) < 4.78 is 0. The van der Waals surface area contributed by atoms with E-state index in [4.69, 9.17) is 0 Å². The molecule has 0 nitrogen and oxygen atoms in total. The van der Waals surface area contributed by atoms with Crippen molar-refractivity contribution in [3.8, 4) is 22.3 Å². The van der Waals surface area contributed by atoms with Gasteiger partial charge in [0, 0.05) is 11.8 Å². The van der Waals surface area contributed by atoms with Gasteiger partial charge >= 0.3 is 0 Å². The Morgan fingerprint density at radius 3 is 1.13 bits per heavy atom. The summed E-state index contributed by atoms with van der Waals surface area (Å²) in [5.74, 6) is 0.376. The van der Waals surface area contributed by atoms with Gasteiger partial charge in [0.05, 0.1) is 0 Å². The lowest BCUT2D eigenvalue weighted by molar-refractivity contribution is 0.953. The molecule has 4 aliphatic heterocycles. The van der Waals surface area contributed by atoms with Gasteiger partial charge in [-0.15, -0.1) is 0 Å². The molecule has 0 radical (unpaired) electrons. The summed E-state index contributed by atoms with van der Waals surface area (Å²) in [6.45, 7) is 14.1. The van der Waals surface area contributed by atoms with E-state index in [0.717, 1.165) is 0 Å². The van der Waals surface area contributed by atoms with Gasteiger partial charge in [-0.2, -0.15) is 0 Å². The number of aryl methyl sites for hydroxylation is 6. The van der Waals surface area contributed by atoms with Gasteiger partial charge in [0.25, 0.3) is 0 Å². The maximum atomic E-state index is 2.61. The van der Waals surface area contributed by atoms with Crippen molar-refractivity contribution in [1.82, 2.24) is 0 Å². The van der Waals surface area contributed by atoms with Gasteiger partial charge in [0.1, 0.15) is 0 Å². The zero-order valence-electron chi connectivity index (χ0n) is 36.2. The first-order valence-corrected chi connectivity index (χ1v) is 22.6. The maximum absolute atomic E-state index is 2.61. The average Bonchev–Trinajstić information content (AvgIpc) is 3.26. The van der Waals surface area contributed by atoms with Crippen LogP contribution in [0.4, 0.5) is 0 Å². The zero-order valence-corrected chi connectivity index (χ0v) is 36.2. The molecule has 14 rings (SSSR count). The largest absolute Gasteiger partial charge is 0.243 e. The lowest BCUT2D eigenvalue weighted by Crippen LogP contribution is -2.60. The fourth-order valence-electron chi connectivity index (χ4n) is 14.1. The molecule has 0 bridgehead atoms. The molecule has 0 saturated carbocycles. The first kappa shape index (κ1) is 35.0. The molecule has 0 N–H and O–H groups in total. The van der Waals surface area contributed by atoms with Gasteiger partial charge in [-0.1, -0.05) is 189 Å². The van der Waals surface area contributed by atoms with Gasteiger partial charge in [0.2, 0.25) is 13.4 Å². The van der Waals surface area contributed by atoms with E-state index >= 15 is 0 Å². The number of hydrogen-bond acceptors (Lipinski definition) is 0. The number of rotatable bonds is 2. The molecule has 2 heteroatoms. The molecule has 290 valence electrons. The first-order chi connectivity index (χ1) is 30.3. The van der Waals surface area contributed by atoms with Crippen LogP contribution < -0.4 is 32.8 Å². The van der Waals surface area contributed by atoms with Crippen LogP contribution in [0.25, 0.3) is 54.6 Å². The van der Waals surface area contributed by atoms with Crippen molar-refractivity contribution in [2.75, 3.05) is 0 Å². The molecule has 0 spiro atoms. The summed E-state index contributed by atoms with van der Waals surface area (Å²) in [6.07, 6.45) is 0. The fraction of sp³-hybridized carbons (Fsp3) is 0.133. The van der Waals surface area contributed by atoms with Crippen LogP contribution in [-0.2, 0) is 0 Å². The molecule has 4 heterocycles. The van der Waals surface area contributed by atoms with Crippen molar-refractivity contribution in [3.05, 3.63) is 212 Å². The SMILES string of the molecule is Cc1cc(C)c(C2c3ccccc3B3c4c(cccc42)-c2ccc4cc5c6c(ccc7cc3c2c4c76)-c2cccc3c2B5c2ccccc2C3c2c(C)cc(C)cc2C)c(C)c1. The Morgan fingerprint density at radius 2 is 0.710 bits per heavy atom. The molecule has 0 amide bonds. The van der Waals surface area contributed by atoms with E-state index < -0.39 is 0 Å². The molecule has 2 unspecified atom stereocenters. The smallest absolute Gasteiger partial charge is 0.0667 e. The lowest BCUT2D eigenvalue weighted by atomic mass is 9.29. The minimum atomic E-state index is 0.160. The summed E-state index contributed by atoms with van der Waals surface area (Å²) in [5, 5.41) is 8.46. The molecule has 10 aromatic carbocycles. The van der Waals surface area contributed by atoms with Crippen LogP contribution in [0, 0.1) is 41.5 Å². The van der Waals surface area contributed by atoms with Crippen molar-refractivity contribution < 1.29 is 0 Å². The second kappa shape index (κ2) is 12.0. The third-order valence-electron chi connectivity index (χ3n) is 15.9. The van der Waals surface area contributed by atoms with E-state index in [1.165, 1.54) is 154 Å². The Balaban J connectivity index is 1.07. The average molecular weight is 787 g/mol. The Morgan fingerprint density at radius 1 is 0.323 bits per heavy atom. The highest BCUT2D eigenvalue weighted by Gasteiger charge is 2.45. The van der Waals surface area contributed by atoms with Crippen LogP contribution in [0.3, 0.4) is 0 Å². The molecule has 2 atom stereocenters. The van der Waals surface area contributed by atoms with Gasteiger partial charge in [-0.3, -0.25) is 0 Å². The summed E-state index contributed by atoms with van der Waals surface area (Å²) >= 11 is 0. The molecule has 0 aliphatic carbocycles. The van der Waals surface area contributed by atoms with Gasteiger partial charge < -0.3 is 0 Å². The summed E-state index contributed by atoms with van der Waals surface area (Å²) in [7, 11) is 0. The maximum Gasteiger partial charge on any atom is 0.243 e. The van der Waals surface area contributed by atoms with E-state index in [1.807, 2.05) is 0 Å². The standard InChI is InChI=1S/C60H44B2/c1-31-25-33(3)51(34(4)26-31)55-43-13-7-9-19-47(43)61-49-29-37-22-24-40-42-16-12-18-46-56(52-35(5)27-32(2)28-36(52)6)44-14-8-10-20-48(44)62(60(42)46)50-30-38-21-23-39(41-15-11-17-45(55)59(41)61)57(49)53(38)54(37)58(40)50/h7-30,55-56H,1-6H3. The van der Waals surface area contributed by atoms with E-state index in [2.05, 4.69) is 187 Å². The number of hydrogen-bond donors (Lipinski definition) is 0. The lowest BCUT2D eigenvalue weighted by Gasteiger charge is -2.40. The van der Waals surface area contributed by atoms with Gasteiger partial charge in [-0.25, -0.2) is 0 Å². The first-order valence-electron chi connectivity index (χ1n) is 22.6. The minimum absolute atomic E-state index is 0.160. The molecule has 10 aromatic rings. The van der Waals surface area contributed by atoms with Crippen molar-refractivity contribution in [2.45, 2.75) is 53.4 Å². The predicted molar refractivity (Wildman–Crippen MR) is 266 cm³/mol.